The van der Waals surface area contributed by atoms with Gasteiger partial charge in [-0.1, -0.05) is 19.3 Å². The number of hydrazine groups is 1. The first-order chi connectivity index (χ1) is 13.0. The van der Waals surface area contributed by atoms with Crippen LogP contribution >= 0.6 is 0 Å². The highest BCUT2D eigenvalue weighted by Gasteiger charge is 2.52. The Balaban J connectivity index is 1.40. The number of hydrogen-bond acceptors (Lipinski definition) is 4. The van der Waals surface area contributed by atoms with Crippen LogP contribution in [0.1, 0.15) is 56.7 Å². The number of amides is 4. The molecular weight excluding hydrogens is 346 g/mol. The Kier molecular flexibility index (Phi) is 4.67. The zero-order valence-electron chi connectivity index (χ0n) is 15.7. The van der Waals surface area contributed by atoms with E-state index in [0.717, 1.165) is 43.7 Å². The monoisotopic (exact) mass is 373 g/mol. The van der Waals surface area contributed by atoms with Gasteiger partial charge in [-0.05, 0) is 44.4 Å². The minimum absolute atomic E-state index is 0.167. The minimum atomic E-state index is -0.818. The van der Waals surface area contributed by atoms with Gasteiger partial charge in [-0.25, -0.2) is 4.79 Å². The van der Waals surface area contributed by atoms with Crippen LogP contribution in [0.4, 0.5) is 4.79 Å². The van der Waals surface area contributed by atoms with E-state index < -0.39 is 11.6 Å². The first kappa shape index (κ1) is 18.0. The first-order valence-corrected chi connectivity index (χ1v) is 9.82. The van der Waals surface area contributed by atoms with Crippen molar-refractivity contribution in [3.05, 3.63) is 24.0 Å². The molecule has 2 N–H and O–H groups in total. The molecule has 0 radical (unpaired) electrons. The molecule has 8 heteroatoms. The van der Waals surface area contributed by atoms with Crippen molar-refractivity contribution < 1.29 is 14.4 Å². The molecule has 8 nitrogen and oxygen atoms in total. The van der Waals surface area contributed by atoms with Gasteiger partial charge in [0.2, 0.25) is 0 Å². The van der Waals surface area contributed by atoms with Gasteiger partial charge in [0.05, 0.1) is 12.6 Å². The number of urea groups is 1. The summed E-state index contributed by atoms with van der Waals surface area (Å²) in [6.45, 7) is 0.993. The molecule has 2 saturated heterocycles. The second-order valence-electron chi connectivity index (χ2n) is 7.92. The van der Waals surface area contributed by atoms with E-state index >= 15 is 0 Å². The summed E-state index contributed by atoms with van der Waals surface area (Å²) in [6.07, 6.45) is 8.22. The van der Waals surface area contributed by atoms with Gasteiger partial charge in [-0.3, -0.25) is 19.9 Å². The molecule has 1 aliphatic carbocycles. The highest BCUT2D eigenvalue weighted by molar-refractivity contribution is 6.08. The summed E-state index contributed by atoms with van der Waals surface area (Å²) in [5.74, 6) is -0.645. The highest BCUT2D eigenvalue weighted by atomic mass is 16.2. The van der Waals surface area contributed by atoms with Crippen LogP contribution in [-0.2, 0) is 16.6 Å². The molecule has 4 rings (SSSR count). The lowest BCUT2D eigenvalue weighted by Gasteiger charge is -2.30. The quantitative estimate of drug-likeness (QED) is 0.782. The third-order valence-electron chi connectivity index (χ3n) is 6.14. The Labute approximate surface area is 158 Å². The smallest absolute Gasteiger partial charge is 0.344 e. The summed E-state index contributed by atoms with van der Waals surface area (Å²) < 4.78 is 2.07. The molecule has 1 aromatic heterocycles. The zero-order chi connectivity index (χ0) is 19.0. The number of aryl methyl sites for hydroxylation is 1. The van der Waals surface area contributed by atoms with Crippen LogP contribution < -0.4 is 10.7 Å². The normalized spacial score (nSPS) is 25.2. The third kappa shape index (κ3) is 3.22. The van der Waals surface area contributed by atoms with Crippen LogP contribution in [0.3, 0.4) is 0 Å². The van der Waals surface area contributed by atoms with E-state index in [1.165, 1.54) is 5.69 Å². The number of carbonyl (C=O) groups is 3. The lowest BCUT2D eigenvalue weighted by Crippen LogP contribution is -2.52. The van der Waals surface area contributed by atoms with Crippen molar-refractivity contribution in [3.8, 4) is 0 Å². The second-order valence-corrected chi connectivity index (χ2v) is 7.92. The van der Waals surface area contributed by atoms with Crippen molar-refractivity contribution in [1.29, 1.82) is 0 Å². The number of likely N-dealkylation sites (tertiary alicyclic amines) is 1. The van der Waals surface area contributed by atoms with Crippen molar-refractivity contribution >= 4 is 17.8 Å². The molecule has 1 spiro atoms. The molecule has 146 valence electrons. The summed E-state index contributed by atoms with van der Waals surface area (Å²) in [5, 5.41) is 3.70. The van der Waals surface area contributed by atoms with Gasteiger partial charge in [-0.2, -0.15) is 5.01 Å². The Hall–Kier alpha value is -2.35. The molecular formula is C19H27N5O3. The maximum atomic E-state index is 12.8. The summed E-state index contributed by atoms with van der Waals surface area (Å²) in [5.41, 5.74) is 2.90. The van der Waals surface area contributed by atoms with Gasteiger partial charge < -0.3 is 9.88 Å². The molecule has 2 aliphatic heterocycles. The predicted molar refractivity (Wildman–Crippen MR) is 98.3 cm³/mol. The molecule has 27 heavy (non-hydrogen) atoms. The summed E-state index contributed by atoms with van der Waals surface area (Å²) in [6, 6.07) is 3.74. The summed E-state index contributed by atoms with van der Waals surface area (Å²) in [7, 11) is 2.00. The molecule has 3 aliphatic rings. The number of nitrogens with zero attached hydrogens (tertiary/aromatic N) is 3. The van der Waals surface area contributed by atoms with Crippen LogP contribution in [0.2, 0.25) is 0 Å². The van der Waals surface area contributed by atoms with E-state index in [9.17, 15) is 14.4 Å². The predicted octanol–water partition coefficient (Wildman–Crippen LogP) is 1.45. The molecule has 1 atom stereocenters. The molecule has 0 bridgehead atoms. The molecule has 3 heterocycles. The lowest BCUT2D eigenvalue weighted by molar-refractivity contribution is -0.140. The average Bonchev–Trinajstić information content (AvgIpc) is 3.32. The number of rotatable bonds is 4. The van der Waals surface area contributed by atoms with E-state index in [4.69, 9.17) is 0 Å². The lowest BCUT2D eigenvalue weighted by atomic mass is 9.82. The topological polar surface area (TPSA) is 86.7 Å². The largest absolute Gasteiger partial charge is 0.353 e. The van der Waals surface area contributed by atoms with Crippen LogP contribution in [0, 0.1) is 0 Å². The van der Waals surface area contributed by atoms with Crippen LogP contribution in [0.5, 0.6) is 0 Å². The molecule has 1 aromatic rings. The van der Waals surface area contributed by atoms with Crippen molar-refractivity contribution in [2.75, 3.05) is 13.1 Å². The van der Waals surface area contributed by atoms with Gasteiger partial charge >= 0.3 is 6.03 Å². The fourth-order valence-electron chi connectivity index (χ4n) is 4.73. The van der Waals surface area contributed by atoms with E-state index in [2.05, 4.69) is 26.3 Å². The summed E-state index contributed by atoms with van der Waals surface area (Å²) >= 11 is 0. The van der Waals surface area contributed by atoms with Crippen LogP contribution in [-0.4, -0.2) is 50.9 Å². The van der Waals surface area contributed by atoms with E-state index in [-0.39, 0.29) is 24.4 Å². The maximum absolute atomic E-state index is 12.8. The average molecular weight is 373 g/mol. The Morgan fingerprint density at radius 1 is 1.26 bits per heavy atom. The molecule has 4 amide bonds. The van der Waals surface area contributed by atoms with Crippen molar-refractivity contribution in [1.82, 2.24) is 25.2 Å². The molecule has 0 aromatic carbocycles. The SMILES string of the molecule is Cn1cccc1[C@H]1CCCN1CC(=O)NN1C(=O)NC2(CCCCC2)C1=O. The number of nitrogens with one attached hydrogen (secondary N) is 2. The van der Waals surface area contributed by atoms with Crippen molar-refractivity contribution in [3.63, 3.8) is 0 Å². The second kappa shape index (κ2) is 6.99. The fourth-order valence-corrected chi connectivity index (χ4v) is 4.73. The fraction of sp³-hybridized carbons (Fsp3) is 0.632. The van der Waals surface area contributed by atoms with E-state index in [1.54, 1.807) is 0 Å². The molecule has 1 saturated carbocycles. The number of hydrogen-bond donors (Lipinski definition) is 2. The molecule has 0 unspecified atom stereocenters. The first-order valence-electron chi connectivity index (χ1n) is 9.82. The van der Waals surface area contributed by atoms with Gasteiger partial charge in [0.1, 0.15) is 5.54 Å². The van der Waals surface area contributed by atoms with Crippen LogP contribution in [0.25, 0.3) is 0 Å². The van der Waals surface area contributed by atoms with Gasteiger partial charge in [-0.15, -0.1) is 0 Å². The van der Waals surface area contributed by atoms with Crippen molar-refractivity contribution in [2.24, 2.45) is 7.05 Å². The maximum Gasteiger partial charge on any atom is 0.344 e. The number of aromatic nitrogens is 1. The van der Waals surface area contributed by atoms with E-state index in [1.807, 2.05) is 19.3 Å². The highest BCUT2D eigenvalue weighted by Crippen LogP contribution is 2.33. The standard InChI is InChI=1S/C19H27N5O3/c1-22-11-5-7-14(22)15-8-6-12-23(15)13-16(25)21-24-17(26)19(20-18(24)27)9-3-2-4-10-19/h5,7,11,15H,2-4,6,8-10,12-13H2,1H3,(H,20,27)(H,21,25)/t15-/m1/s1. The number of carbonyl (C=O) groups excluding carboxylic acids is 3. The Morgan fingerprint density at radius 3 is 2.74 bits per heavy atom. The van der Waals surface area contributed by atoms with Gasteiger partial charge in [0, 0.05) is 18.9 Å². The van der Waals surface area contributed by atoms with Gasteiger partial charge in [0.15, 0.2) is 0 Å². The summed E-state index contributed by atoms with van der Waals surface area (Å²) in [4.78, 5) is 39.8. The third-order valence-corrected chi connectivity index (χ3v) is 6.14. The Morgan fingerprint density at radius 2 is 2.04 bits per heavy atom. The van der Waals surface area contributed by atoms with Crippen molar-refractivity contribution in [2.45, 2.75) is 56.5 Å². The number of imide groups is 1. The van der Waals surface area contributed by atoms with Gasteiger partial charge in [0.25, 0.3) is 11.8 Å². The van der Waals surface area contributed by atoms with E-state index in [0.29, 0.717) is 12.8 Å². The zero-order valence-corrected chi connectivity index (χ0v) is 15.7. The van der Waals surface area contributed by atoms with Crippen LogP contribution in [0.15, 0.2) is 18.3 Å². The molecule has 3 fully saturated rings. The minimum Gasteiger partial charge on any atom is -0.353 e. The Bertz CT molecular complexity index is 752.